The number of nitrogens with one attached hydrogen (secondary N) is 1. The number of piperidine rings is 1. The quantitative estimate of drug-likeness (QED) is 0.664. The first-order valence-corrected chi connectivity index (χ1v) is 12.1. The molecule has 0 aromatic carbocycles. The van der Waals surface area contributed by atoms with Crippen LogP contribution < -0.4 is 5.32 Å². The van der Waals surface area contributed by atoms with E-state index in [9.17, 15) is 4.79 Å². The molecule has 1 amide bonds. The van der Waals surface area contributed by atoms with Crippen LogP contribution in [-0.2, 0) is 9.53 Å². The molecule has 0 aromatic rings. The van der Waals surface area contributed by atoms with Crippen LogP contribution >= 0.6 is 15.9 Å². The van der Waals surface area contributed by atoms with Gasteiger partial charge in [0.05, 0.1) is 6.61 Å². The summed E-state index contributed by atoms with van der Waals surface area (Å²) in [5.74, 6) is 2.78. The van der Waals surface area contributed by atoms with E-state index in [0.29, 0.717) is 21.7 Å². The maximum Gasteiger partial charge on any atom is 0.220 e. The Balaban J connectivity index is 1.10. The number of nitrogens with zero attached hydrogens (tertiary/aromatic N) is 1. The second-order valence-corrected chi connectivity index (χ2v) is 12.3. The maximum atomic E-state index is 12.9. The van der Waals surface area contributed by atoms with Crippen molar-refractivity contribution in [2.45, 2.75) is 74.6 Å². The van der Waals surface area contributed by atoms with Gasteiger partial charge in [0.25, 0.3) is 0 Å². The van der Waals surface area contributed by atoms with Crippen LogP contribution in [0.3, 0.4) is 0 Å². The largest absolute Gasteiger partial charge is 0.381 e. The summed E-state index contributed by atoms with van der Waals surface area (Å²) >= 11 is 4.08. The summed E-state index contributed by atoms with van der Waals surface area (Å²) in [7, 11) is 0. The van der Waals surface area contributed by atoms with E-state index in [1.807, 2.05) is 0 Å². The number of likely N-dealkylation sites (tertiary alicyclic amines) is 1. The lowest BCUT2D eigenvalue weighted by Crippen LogP contribution is -2.54. The van der Waals surface area contributed by atoms with Crippen molar-refractivity contribution in [1.29, 1.82) is 0 Å². The molecule has 2 saturated heterocycles. The molecule has 0 radical (unpaired) electrons. The number of hydrogen-bond acceptors (Lipinski definition) is 3. The number of amides is 1. The van der Waals surface area contributed by atoms with Crippen molar-refractivity contribution in [2.24, 2.45) is 23.2 Å². The molecule has 3 atom stereocenters. The van der Waals surface area contributed by atoms with Crippen molar-refractivity contribution in [3.05, 3.63) is 0 Å². The summed E-state index contributed by atoms with van der Waals surface area (Å²) < 4.78 is 5.86. The normalized spacial score (nSPS) is 44.7. The van der Waals surface area contributed by atoms with Crippen LogP contribution in [0, 0.1) is 23.2 Å². The Bertz CT molecular complexity index is 555. The van der Waals surface area contributed by atoms with E-state index in [1.54, 1.807) is 0 Å². The van der Waals surface area contributed by atoms with E-state index in [2.05, 4.69) is 26.1 Å². The van der Waals surface area contributed by atoms with Crippen LogP contribution in [-0.4, -0.2) is 54.0 Å². The first-order valence-electron chi connectivity index (χ1n) is 11.3. The number of alkyl halides is 1. The van der Waals surface area contributed by atoms with Crippen molar-refractivity contribution < 1.29 is 9.53 Å². The zero-order chi connectivity index (χ0) is 18.5. The lowest BCUT2D eigenvalue weighted by molar-refractivity contribution is -0.129. The third-order valence-electron chi connectivity index (χ3n) is 8.14. The highest BCUT2D eigenvalue weighted by Crippen LogP contribution is 2.65. The van der Waals surface area contributed by atoms with Gasteiger partial charge < -0.3 is 15.0 Å². The number of rotatable bonds is 5. The number of ether oxygens (including phenoxy) is 1. The fraction of sp³-hybridized carbons (Fsp3) is 0.955. The molecule has 0 spiro atoms. The Morgan fingerprint density at radius 1 is 1.11 bits per heavy atom. The second-order valence-electron chi connectivity index (χ2n) is 10.7. The lowest BCUT2D eigenvalue weighted by atomic mass is 9.48. The van der Waals surface area contributed by atoms with Gasteiger partial charge in [0, 0.05) is 43.0 Å². The van der Waals surface area contributed by atoms with Crippen molar-refractivity contribution in [1.82, 2.24) is 10.2 Å². The van der Waals surface area contributed by atoms with E-state index in [4.69, 9.17) is 4.74 Å². The molecule has 27 heavy (non-hydrogen) atoms. The summed E-state index contributed by atoms with van der Waals surface area (Å²) in [6.45, 7) is 5.31. The highest BCUT2D eigenvalue weighted by atomic mass is 79.9. The van der Waals surface area contributed by atoms with Gasteiger partial charge in [-0.05, 0) is 81.0 Å². The van der Waals surface area contributed by atoms with Crippen molar-refractivity contribution >= 4 is 21.8 Å². The molecule has 3 unspecified atom stereocenters. The van der Waals surface area contributed by atoms with Crippen molar-refractivity contribution in [3.63, 3.8) is 0 Å². The van der Waals surface area contributed by atoms with Gasteiger partial charge in [0.2, 0.25) is 5.91 Å². The fourth-order valence-corrected chi connectivity index (χ4v) is 9.02. The lowest BCUT2D eigenvalue weighted by Gasteiger charge is -2.60. The van der Waals surface area contributed by atoms with Gasteiger partial charge in [0.15, 0.2) is 0 Å². The Labute approximate surface area is 172 Å². The summed E-state index contributed by atoms with van der Waals surface area (Å²) in [5.41, 5.74) is 0.293. The average molecular weight is 439 g/mol. The van der Waals surface area contributed by atoms with Crippen LogP contribution in [0.4, 0.5) is 0 Å². The Kier molecular flexibility index (Phi) is 5.09. The number of carbonyl (C=O) groups is 1. The van der Waals surface area contributed by atoms with E-state index >= 15 is 0 Å². The molecular formula is C22H35BrN2O2. The van der Waals surface area contributed by atoms with E-state index < -0.39 is 0 Å². The third kappa shape index (κ3) is 4.11. The molecule has 1 N–H and O–H groups in total. The number of carbonyl (C=O) groups excluding carboxylic acids is 1. The van der Waals surface area contributed by atoms with Gasteiger partial charge >= 0.3 is 0 Å². The molecule has 4 bridgehead atoms. The van der Waals surface area contributed by atoms with Gasteiger partial charge in [-0.25, -0.2) is 0 Å². The van der Waals surface area contributed by atoms with Gasteiger partial charge in [-0.3, -0.25) is 4.79 Å². The molecule has 6 rings (SSSR count). The van der Waals surface area contributed by atoms with Gasteiger partial charge in [-0.1, -0.05) is 15.9 Å². The summed E-state index contributed by atoms with van der Waals surface area (Å²) in [6.07, 6.45) is 12.1. The van der Waals surface area contributed by atoms with Crippen LogP contribution in [0.25, 0.3) is 0 Å². The first-order chi connectivity index (χ1) is 13.0. The van der Waals surface area contributed by atoms with E-state index in [-0.39, 0.29) is 0 Å². The Hall–Kier alpha value is -0.130. The zero-order valence-electron chi connectivity index (χ0n) is 16.6. The average Bonchev–Trinajstić information content (AvgIpc) is 3.06. The first kappa shape index (κ1) is 18.9. The zero-order valence-corrected chi connectivity index (χ0v) is 18.1. The minimum Gasteiger partial charge on any atom is -0.381 e. The maximum absolute atomic E-state index is 12.9. The van der Waals surface area contributed by atoms with Crippen molar-refractivity contribution in [3.8, 4) is 0 Å². The highest BCUT2D eigenvalue weighted by Gasteiger charge is 2.57. The Morgan fingerprint density at radius 2 is 1.85 bits per heavy atom. The smallest absolute Gasteiger partial charge is 0.220 e. The van der Waals surface area contributed by atoms with Crippen LogP contribution in [0.15, 0.2) is 0 Å². The third-order valence-corrected chi connectivity index (χ3v) is 9.07. The number of hydrogen-bond donors (Lipinski definition) is 1. The van der Waals surface area contributed by atoms with E-state index in [1.165, 1.54) is 51.5 Å². The van der Waals surface area contributed by atoms with Crippen LogP contribution in [0.5, 0.6) is 0 Å². The molecule has 2 aliphatic heterocycles. The predicted octanol–water partition coefficient (Wildman–Crippen LogP) is 3.73. The summed E-state index contributed by atoms with van der Waals surface area (Å²) in [5, 5.41) is 3.41. The fourth-order valence-electron chi connectivity index (χ4n) is 7.51. The van der Waals surface area contributed by atoms with Crippen molar-refractivity contribution in [2.75, 3.05) is 32.8 Å². The molecule has 0 aromatic heterocycles. The molecule has 4 aliphatic carbocycles. The molecule has 152 valence electrons. The van der Waals surface area contributed by atoms with Gasteiger partial charge in [0.1, 0.15) is 0 Å². The standard InChI is InChI=1S/C22H35BrN2O2/c23-22-10-17-7-18(11-22)9-21(8-17,15-22)12-20(26)24-19-1-4-25(5-2-19)13-16-3-6-27-14-16/h16-19H,1-15H2,(H,24,26). The van der Waals surface area contributed by atoms with Gasteiger partial charge in [-0.2, -0.15) is 0 Å². The number of halogens is 1. The predicted molar refractivity (Wildman–Crippen MR) is 110 cm³/mol. The van der Waals surface area contributed by atoms with E-state index in [0.717, 1.165) is 63.3 Å². The molecule has 6 fully saturated rings. The second kappa shape index (κ2) is 7.28. The van der Waals surface area contributed by atoms with Gasteiger partial charge in [-0.15, -0.1) is 0 Å². The minimum atomic E-state index is 0.293. The summed E-state index contributed by atoms with van der Waals surface area (Å²) in [4.78, 5) is 15.5. The monoisotopic (exact) mass is 438 g/mol. The topological polar surface area (TPSA) is 41.6 Å². The summed E-state index contributed by atoms with van der Waals surface area (Å²) in [6, 6.07) is 0.389. The molecule has 4 saturated carbocycles. The van der Waals surface area contributed by atoms with Crippen LogP contribution in [0.1, 0.15) is 64.2 Å². The SMILES string of the molecule is O=C(CC12CC3CC(CC(Br)(C3)C1)C2)NC1CCN(CC2CCOC2)CC1. The van der Waals surface area contributed by atoms with Crippen LogP contribution in [0.2, 0.25) is 0 Å². The Morgan fingerprint density at radius 3 is 2.48 bits per heavy atom. The molecule has 6 aliphatic rings. The molecular weight excluding hydrogens is 404 g/mol. The highest BCUT2D eigenvalue weighted by molar-refractivity contribution is 9.10. The molecule has 2 heterocycles. The molecule has 5 heteroatoms. The minimum absolute atomic E-state index is 0.293. The molecule has 4 nitrogen and oxygen atoms in total.